The summed E-state index contributed by atoms with van der Waals surface area (Å²) in [7, 11) is -3.98. The number of benzene rings is 2. The van der Waals surface area contributed by atoms with Crippen molar-refractivity contribution >= 4 is 32.4 Å². The van der Waals surface area contributed by atoms with Crippen LogP contribution in [0.4, 0.5) is 5.13 Å². The first kappa shape index (κ1) is 22.1. The van der Waals surface area contributed by atoms with Gasteiger partial charge in [-0.1, -0.05) is 86.7 Å². The molecule has 0 saturated heterocycles. The number of nitrogens with one attached hydrogen (secondary N) is 2. The van der Waals surface area contributed by atoms with Crippen LogP contribution in [0.2, 0.25) is 0 Å². The summed E-state index contributed by atoms with van der Waals surface area (Å²) in [6.07, 6.45) is 0. The van der Waals surface area contributed by atoms with Crippen molar-refractivity contribution in [1.82, 2.24) is 14.9 Å². The van der Waals surface area contributed by atoms with Gasteiger partial charge in [0.15, 0.2) is 0 Å². The molecular formula is C21H24N4O3S2. The van der Waals surface area contributed by atoms with Crippen LogP contribution in [0.3, 0.4) is 0 Å². The molecule has 2 aromatic carbocycles. The highest BCUT2D eigenvalue weighted by molar-refractivity contribution is 7.91. The van der Waals surface area contributed by atoms with Crippen molar-refractivity contribution < 1.29 is 13.2 Å². The Balaban J connectivity index is 1.91. The number of hydrogen-bond donors (Lipinski definition) is 2. The van der Waals surface area contributed by atoms with E-state index < -0.39 is 21.5 Å². The maximum absolute atomic E-state index is 13.1. The lowest BCUT2D eigenvalue weighted by Gasteiger charge is -2.20. The van der Waals surface area contributed by atoms with Crippen molar-refractivity contribution in [2.75, 3.05) is 5.32 Å². The van der Waals surface area contributed by atoms with Gasteiger partial charge in [0.1, 0.15) is 0 Å². The van der Waals surface area contributed by atoms with E-state index in [0.717, 1.165) is 28.0 Å². The fourth-order valence-electron chi connectivity index (χ4n) is 2.73. The first-order valence-electron chi connectivity index (χ1n) is 9.36. The summed E-state index contributed by atoms with van der Waals surface area (Å²) >= 11 is 0.816. The molecule has 0 radical (unpaired) electrons. The van der Waals surface area contributed by atoms with Crippen molar-refractivity contribution in [2.45, 2.75) is 38.1 Å². The lowest BCUT2D eigenvalue weighted by molar-refractivity contribution is -0.123. The average molecular weight is 445 g/mol. The van der Waals surface area contributed by atoms with Crippen molar-refractivity contribution in [2.24, 2.45) is 5.41 Å². The molecule has 9 heteroatoms. The third-order valence-electron chi connectivity index (χ3n) is 4.44. The molecule has 0 aliphatic heterocycles. The van der Waals surface area contributed by atoms with Crippen LogP contribution in [-0.2, 0) is 14.8 Å². The second kappa shape index (κ2) is 8.63. The van der Waals surface area contributed by atoms with Crippen LogP contribution in [-0.4, -0.2) is 24.5 Å². The Labute approximate surface area is 180 Å². The van der Waals surface area contributed by atoms with Gasteiger partial charge in [0, 0.05) is 5.41 Å². The van der Waals surface area contributed by atoms with Crippen LogP contribution in [0, 0.1) is 12.3 Å². The molecular weight excluding hydrogens is 420 g/mol. The summed E-state index contributed by atoms with van der Waals surface area (Å²) in [5.41, 5.74) is 1.98. The van der Waals surface area contributed by atoms with Crippen LogP contribution >= 0.6 is 11.3 Å². The van der Waals surface area contributed by atoms with Gasteiger partial charge in [0.05, 0.1) is 6.04 Å². The van der Waals surface area contributed by atoms with E-state index in [1.54, 1.807) is 20.8 Å². The summed E-state index contributed by atoms with van der Waals surface area (Å²) in [6, 6.07) is 16.4. The van der Waals surface area contributed by atoms with Gasteiger partial charge in [0.2, 0.25) is 15.4 Å². The van der Waals surface area contributed by atoms with Crippen molar-refractivity contribution in [3.63, 3.8) is 0 Å². The zero-order valence-electron chi connectivity index (χ0n) is 17.2. The smallest absolute Gasteiger partial charge is 0.270 e. The normalized spacial score (nSPS) is 13.1. The Bertz CT molecular complexity index is 1140. The van der Waals surface area contributed by atoms with Gasteiger partial charge in [-0.05, 0) is 23.6 Å². The molecule has 2 N–H and O–H groups in total. The van der Waals surface area contributed by atoms with Crippen molar-refractivity contribution in [3.05, 3.63) is 71.3 Å². The molecule has 0 saturated carbocycles. The zero-order valence-corrected chi connectivity index (χ0v) is 18.8. The second-order valence-electron chi connectivity index (χ2n) is 7.90. The molecule has 3 rings (SSSR count). The van der Waals surface area contributed by atoms with E-state index in [-0.39, 0.29) is 15.4 Å². The number of rotatable bonds is 6. The minimum atomic E-state index is -3.98. The summed E-state index contributed by atoms with van der Waals surface area (Å²) in [5.74, 6) is -0.266. The molecule has 0 bridgehead atoms. The first-order chi connectivity index (χ1) is 14.1. The third-order valence-corrected chi connectivity index (χ3v) is 7.07. The maximum atomic E-state index is 13.1. The number of nitrogens with zero attached hydrogens (tertiary/aromatic N) is 2. The minimum absolute atomic E-state index is 0.141. The molecule has 0 fully saturated rings. The highest BCUT2D eigenvalue weighted by Crippen LogP contribution is 2.29. The predicted octanol–water partition coefficient (Wildman–Crippen LogP) is 3.90. The Morgan fingerprint density at radius 2 is 1.63 bits per heavy atom. The number of carbonyl (C=O) groups is 1. The largest absolute Gasteiger partial charge is 0.300 e. The van der Waals surface area contributed by atoms with Crippen LogP contribution in [0.1, 0.15) is 43.5 Å². The van der Waals surface area contributed by atoms with E-state index in [4.69, 9.17) is 0 Å². The number of aromatic nitrogens is 2. The van der Waals surface area contributed by atoms with Crippen LogP contribution in [0.15, 0.2) is 58.9 Å². The molecule has 0 aliphatic rings. The lowest BCUT2D eigenvalue weighted by Crippen LogP contribution is -2.30. The molecule has 7 nitrogen and oxygen atoms in total. The number of aryl methyl sites for hydroxylation is 1. The van der Waals surface area contributed by atoms with E-state index in [1.807, 2.05) is 61.5 Å². The Kier molecular flexibility index (Phi) is 6.35. The quantitative estimate of drug-likeness (QED) is 0.562. The van der Waals surface area contributed by atoms with Crippen LogP contribution in [0.5, 0.6) is 0 Å². The monoisotopic (exact) mass is 444 g/mol. The maximum Gasteiger partial charge on any atom is 0.270 e. The van der Waals surface area contributed by atoms with Gasteiger partial charge in [0.25, 0.3) is 10.0 Å². The molecule has 0 spiro atoms. The molecule has 158 valence electrons. The van der Waals surface area contributed by atoms with Crippen LogP contribution < -0.4 is 10.0 Å². The topological polar surface area (TPSA) is 101 Å². The van der Waals surface area contributed by atoms with Crippen molar-refractivity contribution in [1.29, 1.82) is 0 Å². The number of carbonyl (C=O) groups excluding carboxylic acids is 1. The summed E-state index contributed by atoms with van der Waals surface area (Å²) in [6.45, 7) is 7.21. The zero-order chi connectivity index (χ0) is 21.9. The Morgan fingerprint density at radius 1 is 1.00 bits per heavy atom. The molecule has 3 aromatic rings. The second-order valence-corrected chi connectivity index (χ2v) is 10.8. The summed E-state index contributed by atoms with van der Waals surface area (Å²) in [5, 5.41) is 10.4. The third kappa shape index (κ3) is 5.10. The standard InChI is InChI=1S/C21H24N4O3S2/c1-14-10-8-9-13-16(14)17(15-11-6-5-7-12-15)25-30(27,28)20-24-23-19(29-20)22-18(26)21(2,3)4/h5-13,17,25H,1-4H3,(H,22,23,26)/t17-/m0/s1. The fraction of sp³-hybridized carbons (Fsp3) is 0.286. The van der Waals surface area contributed by atoms with E-state index >= 15 is 0 Å². The summed E-state index contributed by atoms with van der Waals surface area (Å²) in [4.78, 5) is 12.1. The van der Waals surface area contributed by atoms with Crippen molar-refractivity contribution in [3.8, 4) is 0 Å². The highest BCUT2D eigenvalue weighted by Gasteiger charge is 2.28. The minimum Gasteiger partial charge on any atom is -0.300 e. The number of amides is 1. The molecule has 1 amide bonds. The summed E-state index contributed by atoms with van der Waals surface area (Å²) < 4.78 is 28.7. The van der Waals surface area contributed by atoms with E-state index in [1.165, 1.54) is 0 Å². The van der Waals surface area contributed by atoms with E-state index in [9.17, 15) is 13.2 Å². The average Bonchev–Trinajstić information content (AvgIpc) is 3.16. The van der Waals surface area contributed by atoms with Crippen LogP contribution in [0.25, 0.3) is 0 Å². The van der Waals surface area contributed by atoms with Gasteiger partial charge in [-0.25, -0.2) is 8.42 Å². The van der Waals surface area contributed by atoms with Gasteiger partial charge < -0.3 is 5.32 Å². The Morgan fingerprint density at radius 3 is 2.27 bits per heavy atom. The van der Waals surface area contributed by atoms with Gasteiger partial charge >= 0.3 is 0 Å². The molecule has 1 atom stereocenters. The molecule has 0 unspecified atom stereocenters. The number of hydrogen-bond acceptors (Lipinski definition) is 6. The van der Waals surface area contributed by atoms with Gasteiger partial charge in [-0.3, -0.25) is 4.79 Å². The number of sulfonamides is 1. The molecule has 1 heterocycles. The molecule has 0 aliphatic carbocycles. The predicted molar refractivity (Wildman–Crippen MR) is 118 cm³/mol. The van der Waals surface area contributed by atoms with Gasteiger partial charge in [-0.15, -0.1) is 10.2 Å². The lowest BCUT2D eigenvalue weighted by atomic mass is 9.96. The Hall–Kier alpha value is -2.62. The SMILES string of the molecule is Cc1ccccc1[C@@H](NS(=O)(=O)c1nnc(NC(=O)C(C)(C)C)s1)c1ccccc1. The van der Waals surface area contributed by atoms with Gasteiger partial charge in [-0.2, -0.15) is 4.72 Å². The molecule has 30 heavy (non-hydrogen) atoms. The number of anilines is 1. The fourth-order valence-corrected chi connectivity index (χ4v) is 4.84. The van der Waals surface area contributed by atoms with E-state index in [0.29, 0.717) is 0 Å². The highest BCUT2D eigenvalue weighted by atomic mass is 32.2. The first-order valence-corrected chi connectivity index (χ1v) is 11.7. The molecule has 1 aromatic heterocycles. The van der Waals surface area contributed by atoms with E-state index in [2.05, 4.69) is 20.2 Å².